The monoisotopic (exact) mass is 358 g/mol. The molecule has 0 aliphatic heterocycles. The Morgan fingerprint density at radius 2 is 1.85 bits per heavy atom. The number of anilines is 2. The van der Waals surface area contributed by atoms with E-state index in [2.05, 4.69) is 15.3 Å². The van der Waals surface area contributed by atoms with Gasteiger partial charge < -0.3 is 21.0 Å². The summed E-state index contributed by atoms with van der Waals surface area (Å²) in [6, 6.07) is 15.5. The molecule has 0 aliphatic rings. The number of para-hydroxylation sites is 1. The Bertz CT molecular complexity index is 1140. The van der Waals surface area contributed by atoms with Gasteiger partial charge in [0.25, 0.3) is 0 Å². The number of aromatic nitrogens is 2. The van der Waals surface area contributed by atoms with Crippen molar-refractivity contribution in [1.82, 2.24) is 9.97 Å². The number of hydrogen-bond acceptors (Lipinski definition) is 4. The highest BCUT2D eigenvalue weighted by molar-refractivity contribution is 6.35. The van der Waals surface area contributed by atoms with Crippen LogP contribution < -0.4 is 11.1 Å². The highest BCUT2D eigenvalue weighted by Crippen LogP contribution is 2.37. The molecule has 2 aromatic heterocycles. The van der Waals surface area contributed by atoms with Crippen LogP contribution >= 0.6 is 0 Å². The molecule has 6 nitrogen and oxygen atoms in total. The first-order valence-electron chi connectivity index (χ1n) is 8.54. The van der Waals surface area contributed by atoms with Gasteiger partial charge >= 0.3 is 0 Å². The second-order valence-corrected chi connectivity index (χ2v) is 6.21. The molecule has 0 unspecified atom stereocenters. The highest BCUT2D eigenvalue weighted by atomic mass is 16.2. The number of H-pyrrole nitrogens is 2. The number of ketones is 1. The number of nitrogens with two attached hydrogens (primary N) is 1. The lowest BCUT2D eigenvalue weighted by atomic mass is 10.0. The molecule has 2 aromatic carbocycles. The summed E-state index contributed by atoms with van der Waals surface area (Å²) < 4.78 is 0. The molecule has 4 rings (SSSR count). The SMILES string of the molecule is NCc1cccc(Nc2c(-c3c[nH]c4ccccc34)c[nH]c2C(=O)C=O)c1. The lowest BCUT2D eigenvalue weighted by Gasteiger charge is -2.10. The minimum absolute atomic E-state index is 0.225. The van der Waals surface area contributed by atoms with E-state index in [1.165, 1.54) is 0 Å². The fourth-order valence-corrected chi connectivity index (χ4v) is 3.23. The predicted molar refractivity (Wildman–Crippen MR) is 106 cm³/mol. The van der Waals surface area contributed by atoms with Crippen LogP contribution in [0.5, 0.6) is 0 Å². The Labute approximate surface area is 155 Å². The first-order chi connectivity index (χ1) is 13.2. The molecular formula is C21H18N4O2. The van der Waals surface area contributed by atoms with Gasteiger partial charge in [-0.1, -0.05) is 30.3 Å². The topological polar surface area (TPSA) is 104 Å². The van der Waals surface area contributed by atoms with Crippen LogP contribution in [0.3, 0.4) is 0 Å². The van der Waals surface area contributed by atoms with Gasteiger partial charge in [-0.25, -0.2) is 0 Å². The number of benzene rings is 2. The molecule has 0 radical (unpaired) electrons. The first-order valence-corrected chi connectivity index (χ1v) is 8.54. The van der Waals surface area contributed by atoms with E-state index >= 15 is 0 Å². The van der Waals surface area contributed by atoms with Gasteiger partial charge in [0.05, 0.1) is 5.69 Å². The fraction of sp³-hybridized carbons (Fsp3) is 0.0476. The molecule has 6 heteroatoms. The molecule has 0 fully saturated rings. The van der Waals surface area contributed by atoms with Gasteiger partial charge in [-0.15, -0.1) is 0 Å². The number of aldehydes is 1. The molecule has 2 heterocycles. The van der Waals surface area contributed by atoms with Gasteiger partial charge in [0.15, 0.2) is 6.29 Å². The van der Waals surface area contributed by atoms with Crippen molar-refractivity contribution in [2.24, 2.45) is 5.73 Å². The van der Waals surface area contributed by atoms with Crippen molar-refractivity contribution < 1.29 is 9.59 Å². The molecule has 0 saturated heterocycles. The molecule has 0 spiro atoms. The van der Waals surface area contributed by atoms with Gasteiger partial charge in [-0.3, -0.25) is 9.59 Å². The standard InChI is InChI=1S/C21H18N4O2/c22-9-13-4-3-5-14(8-13)25-20-17(11-24-21(20)19(27)12-26)16-10-23-18-7-2-1-6-15(16)18/h1-8,10-12,23-25H,9,22H2. The van der Waals surface area contributed by atoms with Crippen LogP contribution in [0.15, 0.2) is 60.9 Å². The number of Topliss-reactive ketones (excluding diaryl/α,β-unsaturated/α-hetero) is 1. The Balaban J connectivity index is 1.86. The van der Waals surface area contributed by atoms with Crippen molar-refractivity contribution in [2.75, 3.05) is 5.32 Å². The Hall–Kier alpha value is -3.64. The zero-order chi connectivity index (χ0) is 18.8. The third-order valence-corrected chi connectivity index (χ3v) is 4.55. The van der Waals surface area contributed by atoms with E-state index in [1.54, 1.807) is 6.20 Å². The summed E-state index contributed by atoms with van der Waals surface area (Å²) in [7, 11) is 0. The third-order valence-electron chi connectivity index (χ3n) is 4.55. The van der Waals surface area contributed by atoms with E-state index in [1.807, 2.05) is 54.7 Å². The lowest BCUT2D eigenvalue weighted by molar-refractivity contribution is -0.104. The maximum atomic E-state index is 12.1. The summed E-state index contributed by atoms with van der Waals surface area (Å²) in [4.78, 5) is 29.4. The molecule has 0 saturated carbocycles. The van der Waals surface area contributed by atoms with Crippen molar-refractivity contribution in [1.29, 1.82) is 0 Å². The van der Waals surface area contributed by atoms with Gasteiger partial charge in [0.2, 0.25) is 5.78 Å². The van der Waals surface area contributed by atoms with Crippen LogP contribution in [0.25, 0.3) is 22.0 Å². The zero-order valence-electron chi connectivity index (χ0n) is 14.5. The summed E-state index contributed by atoms with van der Waals surface area (Å²) in [5.74, 6) is -0.612. The van der Waals surface area contributed by atoms with Crippen molar-refractivity contribution in [2.45, 2.75) is 6.54 Å². The van der Waals surface area contributed by atoms with Crippen LogP contribution in [0, 0.1) is 0 Å². The Kier molecular flexibility index (Phi) is 4.32. The minimum Gasteiger partial charge on any atom is -0.361 e. The van der Waals surface area contributed by atoms with E-state index in [4.69, 9.17) is 5.73 Å². The Morgan fingerprint density at radius 3 is 2.67 bits per heavy atom. The van der Waals surface area contributed by atoms with E-state index in [-0.39, 0.29) is 5.69 Å². The maximum absolute atomic E-state index is 12.1. The van der Waals surface area contributed by atoms with E-state index in [9.17, 15) is 9.59 Å². The summed E-state index contributed by atoms with van der Waals surface area (Å²) in [6.07, 6.45) is 3.94. The quantitative estimate of drug-likeness (QED) is 0.239. The van der Waals surface area contributed by atoms with Gasteiger partial charge in [0.1, 0.15) is 5.69 Å². The average molecular weight is 358 g/mol. The number of aromatic amines is 2. The first kappa shape index (κ1) is 16.8. The van der Waals surface area contributed by atoms with Crippen molar-refractivity contribution in [3.8, 4) is 11.1 Å². The number of fused-ring (bicyclic) bond motifs is 1. The summed E-state index contributed by atoms with van der Waals surface area (Å²) in [5.41, 5.74) is 11.0. The van der Waals surface area contributed by atoms with Crippen molar-refractivity contribution in [3.05, 3.63) is 72.2 Å². The molecule has 0 amide bonds. The van der Waals surface area contributed by atoms with Crippen LogP contribution in [0.4, 0.5) is 11.4 Å². The van der Waals surface area contributed by atoms with Gasteiger partial charge in [-0.05, 0) is 23.8 Å². The molecule has 0 bridgehead atoms. The van der Waals surface area contributed by atoms with E-state index in [0.29, 0.717) is 18.5 Å². The number of hydrogen-bond donors (Lipinski definition) is 4. The molecule has 134 valence electrons. The summed E-state index contributed by atoms with van der Waals surface area (Å²) >= 11 is 0. The van der Waals surface area contributed by atoms with Crippen LogP contribution in [-0.4, -0.2) is 22.0 Å². The van der Waals surface area contributed by atoms with Crippen molar-refractivity contribution in [3.63, 3.8) is 0 Å². The predicted octanol–water partition coefficient (Wildman–Crippen LogP) is 3.75. The van der Waals surface area contributed by atoms with Crippen LogP contribution in [0.1, 0.15) is 16.1 Å². The third kappa shape index (κ3) is 3.02. The average Bonchev–Trinajstić information content (AvgIpc) is 3.31. The summed E-state index contributed by atoms with van der Waals surface area (Å²) in [6.45, 7) is 0.415. The van der Waals surface area contributed by atoms with Crippen LogP contribution in [0.2, 0.25) is 0 Å². The van der Waals surface area contributed by atoms with Gasteiger partial charge in [0, 0.05) is 46.7 Å². The molecule has 5 N–H and O–H groups in total. The Morgan fingerprint density at radius 1 is 1.04 bits per heavy atom. The fourth-order valence-electron chi connectivity index (χ4n) is 3.23. The molecule has 0 atom stereocenters. The smallest absolute Gasteiger partial charge is 0.243 e. The highest BCUT2D eigenvalue weighted by Gasteiger charge is 2.20. The molecular weight excluding hydrogens is 340 g/mol. The lowest BCUT2D eigenvalue weighted by Crippen LogP contribution is -2.05. The van der Waals surface area contributed by atoms with E-state index in [0.717, 1.165) is 33.3 Å². The van der Waals surface area contributed by atoms with E-state index < -0.39 is 5.78 Å². The normalized spacial score (nSPS) is 10.9. The molecule has 4 aromatic rings. The number of carbonyl (C=O) groups is 2. The second kappa shape index (κ2) is 6.93. The maximum Gasteiger partial charge on any atom is 0.243 e. The minimum atomic E-state index is -0.612. The van der Waals surface area contributed by atoms with Gasteiger partial charge in [-0.2, -0.15) is 0 Å². The summed E-state index contributed by atoms with van der Waals surface area (Å²) in [5, 5.41) is 4.31. The zero-order valence-corrected chi connectivity index (χ0v) is 14.5. The molecule has 0 aliphatic carbocycles. The number of rotatable bonds is 6. The molecule has 27 heavy (non-hydrogen) atoms. The largest absolute Gasteiger partial charge is 0.361 e. The second-order valence-electron chi connectivity index (χ2n) is 6.21. The van der Waals surface area contributed by atoms with Crippen LogP contribution in [-0.2, 0) is 11.3 Å². The number of carbonyl (C=O) groups excluding carboxylic acids is 2. The van der Waals surface area contributed by atoms with Crippen molar-refractivity contribution >= 4 is 34.3 Å². The number of nitrogens with one attached hydrogen (secondary N) is 3.